The quantitative estimate of drug-likeness (QED) is 0.800. The van der Waals surface area contributed by atoms with Gasteiger partial charge < -0.3 is 4.74 Å². The second-order valence-corrected chi connectivity index (χ2v) is 5.82. The minimum absolute atomic E-state index is 0.166. The summed E-state index contributed by atoms with van der Waals surface area (Å²) in [4.78, 5) is 14.8. The third kappa shape index (κ3) is 2.13. The molecule has 1 aliphatic carbocycles. The van der Waals surface area contributed by atoms with E-state index in [9.17, 15) is 10.1 Å². The minimum atomic E-state index is -1.09. The fourth-order valence-corrected chi connectivity index (χ4v) is 3.72. The summed E-state index contributed by atoms with van der Waals surface area (Å²) in [5.74, 6) is -0.374. The number of carbonyl (C=O) groups is 1. The fraction of sp³-hybridized carbons (Fsp3) is 0.529. The van der Waals surface area contributed by atoms with Gasteiger partial charge in [0.1, 0.15) is 0 Å². The van der Waals surface area contributed by atoms with Gasteiger partial charge in [0.05, 0.1) is 18.7 Å². The molecule has 4 nitrogen and oxygen atoms in total. The normalized spacial score (nSPS) is 28.1. The number of likely N-dealkylation sites (tertiary alicyclic amines) is 1. The topological polar surface area (TPSA) is 53.3 Å². The van der Waals surface area contributed by atoms with Crippen LogP contribution in [0.1, 0.15) is 36.9 Å². The van der Waals surface area contributed by atoms with Gasteiger partial charge in [0.15, 0.2) is 5.41 Å². The summed E-state index contributed by atoms with van der Waals surface area (Å²) in [5.41, 5.74) is 1.13. The maximum atomic E-state index is 12.6. The van der Waals surface area contributed by atoms with Gasteiger partial charge in [-0.3, -0.25) is 9.69 Å². The van der Waals surface area contributed by atoms with Crippen molar-refractivity contribution in [2.24, 2.45) is 5.41 Å². The molecule has 4 heteroatoms. The van der Waals surface area contributed by atoms with Crippen molar-refractivity contribution >= 4 is 5.97 Å². The van der Waals surface area contributed by atoms with E-state index in [4.69, 9.17) is 4.74 Å². The van der Waals surface area contributed by atoms with Crippen molar-refractivity contribution in [2.75, 3.05) is 19.7 Å². The second kappa shape index (κ2) is 5.50. The van der Waals surface area contributed by atoms with Crippen LogP contribution in [-0.4, -0.2) is 30.6 Å². The maximum Gasteiger partial charge on any atom is 0.328 e. The molecular weight excluding hydrogens is 264 g/mol. The van der Waals surface area contributed by atoms with Gasteiger partial charge in [0.25, 0.3) is 0 Å². The summed E-state index contributed by atoms with van der Waals surface area (Å²) in [5, 5.41) is 9.84. The van der Waals surface area contributed by atoms with E-state index < -0.39 is 5.41 Å². The number of fused-ring (bicyclic) bond motifs is 1. The molecule has 1 aromatic rings. The Kier molecular flexibility index (Phi) is 3.69. The molecule has 0 spiro atoms. The Morgan fingerprint density at radius 1 is 1.43 bits per heavy atom. The highest BCUT2D eigenvalue weighted by molar-refractivity contribution is 5.83. The highest BCUT2D eigenvalue weighted by atomic mass is 16.5. The van der Waals surface area contributed by atoms with Crippen LogP contribution in [0.2, 0.25) is 0 Å². The Morgan fingerprint density at radius 3 is 2.81 bits per heavy atom. The zero-order chi connectivity index (χ0) is 14.9. The number of carbonyl (C=O) groups excluding carboxylic acids is 1. The van der Waals surface area contributed by atoms with E-state index in [2.05, 4.69) is 17.0 Å². The van der Waals surface area contributed by atoms with Crippen LogP contribution < -0.4 is 0 Å². The van der Waals surface area contributed by atoms with Gasteiger partial charge in [0.2, 0.25) is 0 Å². The monoisotopic (exact) mass is 284 g/mol. The summed E-state index contributed by atoms with van der Waals surface area (Å²) in [7, 11) is 0. The minimum Gasteiger partial charge on any atom is -0.465 e. The molecule has 3 rings (SSSR count). The second-order valence-electron chi connectivity index (χ2n) is 5.82. The van der Waals surface area contributed by atoms with Crippen LogP contribution in [0.5, 0.6) is 0 Å². The van der Waals surface area contributed by atoms with Gasteiger partial charge in [-0.1, -0.05) is 24.3 Å². The van der Waals surface area contributed by atoms with E-state index in [1.807, 2.05) is 18.2 Å². The Balaban J connectivity index is 2.07. The summed E-state index contributed by atoms with van der Waals surface area (Å²) in [6.07, 6.45) is 2.71. The van der Waals surface area contributed by atoms with Gasteiger partial charge in [-0.15, -0.1) is 0 Å². The number of esters is 1. The average Bonchev–Trinajstić information content (AvgIpc) is 3.12. The molecule has 2 aliphatic rings. The van der Waals surface area contributed by atoms with Crippen LogP contribution in [0.25, 0.3) is 0 Å². The fourth-order valence-electron chi connectivity index (χ4n) is 3.72. The molecule has 1 saturated heterocycles. The predicted molar refractivity (Wildman–Crippen MR) is 78.4 cm³/mol. The number of benzene rings is 1. The largest absolute Gasteiger partial charge is 0.465 e. The highest BCUT2D eigenvalue weighted by Gasteiger charge is 2.56. The number of nitriles is 1. The van der Waals surface area contributed by atoms with E-state index >= 15 is 0 Å². The van der Waals surface area contributed by atoms with Gasteiger partial charge in [-0.2, -0.15) is 5.26 Å². The van der Waals surface area contributed by atoms with Crippen LogP contribution in [0, 0.1) is 16.7 Å². The van der Waals surface area contributed by atoms with E-state index in [1.54, 1.807) is 6.92 Å². The number of ether oxygens (including phenoxy) is 1. The van der Waals surface area contributed by atoms with Crippen molar-refractivity contribution in [3.63, 3.8) is 0 Å². The lowest BCUT2D eigenvalue weighted by atomic mass is 9.81. The van der Waals surface area contributed by atoms with Crippen LogP contribution in [-0.2, 0) is 16.0 Å². The van der Waals surface area contributed by atoms with Crippen molar-refractivity contribution in [3.8, 4) is 6.07 Å². The molecule has 2 atom stereocenters. The molecule has 1 fully saturated rings. The number of nitrogens with zero attached hydrogens (tertiary/aromatic N) is 2. The van der Waals surface area contributed by atoms with Crippen molar-refractivity contribution < 1.29 is 9.53 Å². The van der Waals surface area contributed by atoms with Crippen molar-refractivity contribution in [1.82, 2.24) is 4.90 Å². The first-order chi connectivity index (χ1) is 10.2. The van der Waals surface area contributed by atoms with E-state index in [-0.39, 0.29) is 12.0 Å². The lowest BCUT2D eigenvalue weighted by molar-refractivity contribution is -0.155. The van der Waals surface area contributed by atoms with Gasteiger partial charge in [0, 0.05) is 6.42 Å². The molecule has 1 heterocycles. The molecular formula is C17H20N2O2. The highest BCUT2D eigenvalue weighted by Crippen LogP contribution is 2.50. The number of rotatable bonds is 3. The maximum absolute atomic E-state index is 12.6. The zero-order valence-corrected chi connectivity index (χ0v) is 12.3. The molecule has 0 saturated carbocycles. The molecule has 2 unspecified atom stereocenters. The van der Waals surface area contributed by atoms with Crippen molar-refractivity contribution in [1.29, 1.82) is 5.26 Å². The first-order valence-electron chi connectivity index (χ1n) is 7.63. The summed E-state index contributed by atoms with van der Waals surface area (Å²) >= 11 is 0. The van der Waals surface area contributed by atoms with Crippen LogP contribution in [0.4, 0.5) is 0 Å². The lowest BCUT2D eigenvalue weighted by Gasteiger charge is -2.34. The van der Waals surface area contributed by atoms with Gasteiger partial charge in [-0.25, -0.2) is 0 Å². The van der Waals surface area contributed by atoms with Gasteiger partial charge in [-0.05, 0) is 44.0 Å². The zero-order valence-electron chi connectivity index (χ0n) is 12.3. The summed E-state index contributed by atoms with van der Waals surface area (Å²) < 4.78 is 5.25. The van der Waals surface area contributed by atoms with Crippen LogP contribution >= 0.6 is 0 Å². The average molecular weight is 284 g/mol. The van der Waals surface area contributed by atoms with Crippen molar-refractivity contribution in [2.45, 2.75) is 32.2 Å². The molecule has 1 aliphatic heterocycles. The molecule has 0 amide bonds. The third-order valence-electron chi connectivity index (χ3n) is 4.63. The summed E-state index contributed by atoms with van der Waals surface area (Å²) in [6.45, 7) is 3.99. The number of hydrogen-bond donors (Lipinski definition) is 0. The Hall–Kier alpha value is -1.86. The molecule has 1 aromatic carbocycles. The lowest BCUT2D eigenvalue weighted by Crippen LogP contribution is -2.43. The smallest absolute Gasteiger partial charge is 0.328 e. The SMILES string of the molecule is CCOC(=O)C1(C#N)Cc2ccccc2C1N1CCCC1. The van der Waals surface area contributed by atoms with Crippen LogP contribution in [0.15, 0.2) is 24.3 Å². The molecule has 0 radical (unpaired) electrons. The molecule has 0 N–H and O–H groups in total. The summed E-state index contributed by atoms with van der Waals surface area (Å²) in [6, 6.07) is 10.2. The molecule has 21 heavy (non-hydrogen) atoms. The van der Waals surface area contributed by atoms with E-state index in [0.29, 0.717) is 13.0 Å². The Morgan fingerprint density at radius 2 is 2.14 bits per heavy atom. The molecule has 110 valence electrons. The standard InChI is InChI=1S/C17H20N2O2/c1-2-21-16(20)17(12-18)11-13-7-3-4-8-14(13)15(17)19-9-5-6-10-19/h3-4,7-8,15H,2,5-6,9-11H2,1H3. The first kappa shape index (κ1) is 14.1. The predicted octanol–water partition coefficient (Wildman–Crippen LogP) is 2.45. The third-order valence-corrected chi connectivity index (χ3v) is 4.63. The molecule has 0 aromatic heterocycles. The Labute approximate surface area is 125 Å². The van der Waals surface area contributed by atoms with Crippen molar-refractivity contribution in [3.05, 3.63) is 35.4 Å². The van der Waals surface area contributed by atoms with Gasteiger partial charge >= 0.3 is 5.97 Å². The van der Waals surface area contributed by atoms with E-state index in [0.717, 1.165) is 37.1 Å². The first-order valence-corrected chi connectivity index (χ1v) is 7.63. The van der Waals surface area contributed by atoms with Crippen LogP contribution in [0.3, 0.4) is 0 Å². The Bertz CT molecular complexity index is 587. The van der Waals surface area contributed by atoms with E-state index in [1.165, 1.54) is 0 Å². The number of hydrogen-bond acceptors (Lipinski definition) is 4. The molecule has 0 bridgehead atoms.